The maximum absolute atomic E-state index is 12.5. The molecular weight excluding hydrogens is 400 g/mol. The summed E-state index contributed by atoms with van der Waals surface area (Å²) in [5, 5.41) is 2.89. The van der Waals surface area contributed by atoms with E-state index in [1.807, 2.05) is 30.3 Å². The smallest absolute Gasteiger partial charge is 0.220 e. The van der Waals surface area contributed by atoms with Crippen molar-refractivity contribution in [2.75, 3.05) is 26.8 Å². The molecule has 0 fully saturated rings. The van der Waals surface area contributed by atoms with Gasteiger partial charge in [0.05, 0.1) is 12.4 Å². The Balaban J connectivity index is 1.99. The number of allylic oxidation sites excluding steroid dienone is 1. The Morgan fingerprint density at radius 1 is 1.23 bits per heavy atom. The fourth-order valence-corrected chi connectivity index (χ4v) is 5.34. The van der Waals surface area contributed by atoms with Gasteiger partial charge in [0, 0.05) is 26.6 Å². The largest absolute Gasteiger partial charge is 0.383 e. The molecule has 2 N–H and O–H groups in total. The topological polar surface area (TPSA) is 84.5 Å². The van der Waals surface area contributed by atoms with Crippen LogP contribution in [0.2, 0.25) is 0 Å². The highest BCUT2D eigenvalue weighted by molar-refractivity contribution is 7.88. The lowest BCUT2D eigenvalue weighted by Gasteiger charge is -2.37. The van der Waals surface area contributed by atoms with Gasteiger partial charge < -0.3 is 10.1 Å². The Bertz CT molecular complexity index is 806. The lowest BCUT2D eigenvalue weighted by atomic mass is 9.70. The number of benzene rings is 1. The van der Waals surface area contributed by atoms with Crippen molar-refractivity contribution in [3.05, 3.63) is 47.5 Å². The van der Waals surface area contributed by atoms with E-state index in [2.05, 4.69) is 36.9 Å². The van der Waals surface area contributed by atoms with Gasteiger partial charge in [-0.3, -0.25) is 4.79 Å². The third-order valence-electron chi connectivity index (χ3n) is 5.88. The van der Waals surface area contributed by atoms with E-state index >= 15 is 0 Å². The molecule has 0 heterocycles. The van der Waals surface area contributed by atoms with E-state index in [0.717, 1.165) is 12.0 Å². The van der Waals surface area contributed by atoms with Gasteiger partial charge in [-0.05, 0) is 42.6 Å². The Hall–Kier alpha value is -1.70. The fraction of sp³-hybridized carbons (Fsp3) is 0.609. The highest BCUT2D eigenvalue weighted by Gasteiger charge is 2.33. The van der Waals surface area contributed by atoms with Gasteiger partial charge in [0.15, 0.2) is 0 Å². The number of amides is 1. The number of methoxy groups -OCH3 is 1. The van der Waals surface area contributed by atoms with Crippen molar-refractivity contribution < 1.29 is 17.9 Å². The zero-order valence-corrected chi connectivity index (χ0v) is 19.4. The molecule has 1 aromatic carbocycles. The molecule has 0 unspecified atom stereocenters. The third-order valence-corrected chi connectivity index (χ3v) is 7.20. The number of hydrogen-bond donors (Lipinski definition) is 2. The second kappa shape index (κ2) is 11.6. The van der Waals surface area contributed by atoms with Crippen molar-refractivity contribution in [1.29, 1.82) is 0 Å². The van der Waals surface area contributed by atoms with Crippen molar-refractivity contribution in [3.63, 3.8) is 0 Å². The van der Waals surface area contributed by atoms with Crippen LogP contribution in [0.4, 0.5) is 0 Å². The summed E-state index contributed by atoms with van der Waals surface area (Å²) in [7, 11) is -1.79. The Kier molecular flexibility index (Phi) is 9.52. The zero-order valence-electron chi connectivity index (χ0n) is 18.6. The van der Waals surface area contributed by atoms with Crippen LogP contribution in [0.15, 0.2) is 42.0 Å². The summed E-state index contributed by atoms with van der Waals surface area (Å²) >= 11 is 0. The van der Waals surface area contributed by atoms with Crippen molar-refractivity contribution in [3.8, 4) is 0 Å². The number of carbonyl (C=O) groups is 1. The maximum atomic E-state index is 12.5. The molecule has 0 saturated carbocycles. The molecule has 168 valence electrons. The highest BCUT2D eigenvalue weighted by atomic mass is 32.2. The van der Waals surface area contributed by atoms with Crippen LogP contribution in [-0.4, -0.2) is 41.1 Å². The number of hydrogen-bond acceptors (Lipinski definition) is 4. The van der Waals surface area contributed by atoms with Gasteiger partial charge in [-0.25, -0.2) is 13.1 Å². The van der Waals surface area contributed by atoms with Crippen LogP contribution in [0.3, 0.4) is 0 Å². The second-order valence-electron chi connectivity index (χ2n) is 8.56. The van der Waals surface area contributed by atoms with Gasteiger partial charge in [-0.15, -0.1) is 0 Å². The maximum Gasteiger partial charge on any atom is 0.220 e. The fourth-order valence-electron chi connectivity index (χ4n) is 4.16. The molecule has 0 spiro atoms. The summed E-state index contributed by atoms with van der Waals surface area (Å²) in [6.45, 7) is 7.80. The first-order valence-electron chi connectivity index (χ1n) is 10.7. The normalized spacial score (nSPS) is 22.0. The van der Waals surface area contributed by atoms with Gasteiger partial charge in [-0.2, -0.15) is 0 Å². The Labute approximate surface area is 181 Å². The molecule has 2 rings (SSSR count). The van der Waals surface area contributed by atoms with Gasteiger partial charge in [0.1, 0.15) is 0 Å². The molecule has 6 nitrogen and oxygen atoms in total. The van der Waals surface area contributed by atoms with E-state index in [9.17, 15) is 13.2 Å². The van der Waals surface area contributed by atoms with E-state index < -0.39 is 10.0 Å². The third kappa shape index (κ3) is 7.85. The number of rotatable bonds is 11. The number of carbonyl (C=O) groups excluding carboxylic acids is 1. The Morgan fingerprint density at radius 3 is 2.57 bits per heavy atom. The lowest BCUT2D eigenvalue weighted by molar-refractivity contribution is -0.122. The van der Waals surface area contributed by atoms with Crippen LogP contribution >= 0.6 is 0 Å². The van der Waals surface area contributed by atoms with Gasteiger partial charge in [-0.1, -0.05) is 55.8 Å². The predicted octanol–water partition coefficient (Wildman–Crippen LogP) is 3.11. The van der Waals surface area contributed by atoms with Crippen LogP contribution in [0.25, 0.3) is 0 Å². The van der Waals surface area contributed by atoms with E-state index in [-0.39, 0.29) is 23.5 Å². The summed E-state index contributed by atoms with van der Waals surface area (Å²) in [6, 6.07) is 9.21. The summed E-state index contributed by atoms with van der Waals surface area (Å²) in [6.07, 6.45) is 3.52. The van der Waals surface area contributed by atoms with Crippen LogP contribution in [0, 0.1) is 23.7 Å². The minimum Gasteiger partial charge on any atom is -0.383 e. The van der Waals surface area contributed by atoms with Gasteiger partial charge in [0.25, 0.3) is 0 Å². The zero-order chi connectivity index (χ0) is 22.1. The molecule has 3 atom stereocenters. The van der Waals surface area contributed by atoms with Crippen LogP contribution in [0.1, 0.15) is 39.2 Å². The van der Waals surface area contributed by atoms with Crippen molar-refractivity contribution >= 4 is 15.9 Å². The first-order valence-corrected chi connectivity index (χ1v) is 12.3. The average Bonchev–Trinajstić information content (AvgIpc) is 2.68. The molecule has 1 aliphatic carbocycles. The predicted molar refractivity (Wildman–Crippen MR) is 120 cm³/mol. The van der Waals surface area contributed by atoms with Crippen molar-refractivity contribution in [2.24, 2.45) is 23.7 Å². The molecule has 0 aromatic heterocycles. The summed E-state index contributed by atoms with van der Waals surface area (Å²) in [5.41, 5.74) is 1.95. The molecule has 1 amide bonds. The van der Waals surface area contributed by atoms with E-state index in [1.54, 1.807) is 7.11 Å². The molecule has 0 radical (unpaired) electrons. The summed E-state index contributed by atoms with van der Waals surface area (Å²) in [4.78, 5) is 12.2. The first-order chi connectivity index (χ1) is 14.2. The molecule has 1 aliphatic rings. The Morgan fingerprint density at radius 2 is 1.93 bits per heavy atom. The van der Waals surface area contributed by atoms with Crippen molar-refractivity contribution in [1.82, 2.24) is 10.0 Å². The minimum atomic E-state index is -3.40. The van der Waals surface area contributed by atoms with Crippen molar-refractivity contribution in [2.45, 2.75) is 39.4 Å². The average molecular weight is 437 g/mol. The second-order valence-corrected chi connectivity index (χ2v) is 10.4. The molecule has 7 heteroatoms. The highest BCUT2D eigenvalue weighted by Crippen LogP contribution is 2.38. The number of nitrogens with one attached hydrogen (secondary N) is 2. The molecule has 30 heavy (non-hydrogen) atoms. The van der Waals surface area contributed by atoms with E-state index in [4.69, 9.17) is 4.74 Å². The molecule has 0 aliphatic heterocycles. The van der Waals surface area contributed by atoms with Gasteiger partial charge in [0.2, 0.25) is 15.9 Å². The van der Waals surface area contributed by atoms with Gasteiger partial charge >= 0.3 is 0 Å². The molecule has 0 bridgehead atoms. The number of sulfonamides is 1. The van der Waals surface area contributed by atoms with Crippen LogP contribution in [-0.2, 0) is 25.3 Å². The first kappa shape index (κ1) is 24.6. The van der Waals surface area contributed by atoms with E-state index in [0.29, 0.717) is 38.0 Å². The van der Waals surface area contributed by atoms with E-state index in [1.165, 1.54) is 5.57 Å². The molecule has 0 saturated heterocycles. The lowest BCUT2D eigenvalue weighted by Crippen LogP contribution is -2.38. The molecule has 1 aromatic rings. The minimum absolute atomic E-state index is 0.0140. The van der Waals surface area contributed by atoms with Crippen LogP contribution in [0.5, 0.6) is 0 Å². The SMILES string of the molecule is COCCNC(=O)C[C@@H]1C[C@@H](C(C)C)[C@H](CNS(=O)(=O)Cc2ccccc2)C=C1C. The van der Waals surface area contributed by atoms with Crippen LogP contribution < -0.4 is 10.0 Å². The molecular formula is C23H36N2O4S. The quantitative estimate of drug-likeness (QED) is 0.412. The summed E-state index contributed by atoms with van der Waals surface area (Å²) < 4.78 is 32.9. The monoisotopic (exact) mass is 436 g/mol. The standard InChI is InChI=1S/C23H36N2O4S/c1-17(2)22-13-20(14-23(26)24-10-11-29-4)18(3)12-21(22)15-25-30(27,28)16-19-8-6-5-7-9-19/h5-9,12,17,20-22,25H,10-11,13-16H2,1-4H3,(H,24,26)/t20-,21-,22-/m0/s1. The number of ether oxygens (including phenoxy) is 1. The summed E-state index contributed by atoms with van der Waals surface area (Å²) in [5.74, 6) is 1.07.